The second-order valence-corrected chi connectivity index (χ2v) is 5.79. The predicted molar refractivity (Wildman–Crippen MR) is 96.0 cm³/mol. The molecule has 0 unspecified atom stereocenters. The van der Waals surface area contributed by atoms with E-state index in [2.05, 4.69) is 31.2 Å². The smallest absolute Gasteiger partial charge is 0.305 e. The quantitative estimate of drug-likeness (QED) is 0.152. The number of unbranched alkanes of at least 4 members (excludes halogenated alkanes) is 8. The topological polar surface area (TPSA) is 26.3 Å². The molecular weight excluding hydrogens is 273 g/mol. The van der Waals surface area contributed by atoms with Gasteiger partial charge in [0.05, 0.1) is 6.61 Å². The molecule has 0 spiro atoms. The van der Waals surface area contributed by atoms with Gasteiger partial charge in [-0.15, -0.1) is 0 Å². The Morgan fingerprint density at radius 3 is 2.00 bits per heavy atom. The highest BCUT2D eigenvalue weighted by molar-refractivity contribution is 5.69. The van der Waals surface area contributed by atoms with Crippen molar-refractivity contribution in [1.29, 1.82) is 0 Å². The lowest BCUT2D eigenvalue weighted by Gasteiger charge is -2.01. The molecule has 0 amide bonds. The molecule has 0 heterocycles. The van der Waals surface area contributed by atoms with Gasteiger partial charge >= 0.3 is 5.97 Å². The molecule has 0 aromatic rings. The first-order valence-electron chi connectivity index (χ1n) is 9.26. The van der Waals surface area contributed by atoms with Gasteiger partial charge in [0, 0.05) is 6.42 Å². The SMILES string of the molecule is CCCCCC=C[13CH2]C=CCCCCCCCC(=O)OCC. The fourth-order valence-corrected chi connectivity index (χ4v) is 2.31. The zero-order chi connectivity index (χ0) is 16.3. The van der Waals surface area contributed by atoms with Gasteiger partial charge in [0.25, 0.3) is 0 Å². The minimum atomic E-state index is -0.0480. The Labute approximate surface area is 138 Å². The van der Waals surface area contributed by atoms with Gasteiger partial charge in [-0.3, -0.25) is 4.79 Å². The lowest BCUT2D eigenvalue weighted by molar-refractivity contribution is -0.143. The molecule has 22 heavy (non-hydrogen) atoms. The van der Waals surface area contributed by atoms with E-state index in [4.69, 9.17) is 4.74 Å². The Bertz CT molecular complexity index is 292. The monoisotopic (exact) mass is 309 g/mol. The summed E-state index contributed by atoms with van der Waals surface area (Å²) in [6.45, 7) is 4.60. The van der Waals surface area contributed by atoms with Crippen molar-refractivity contribution < 1.29 is 9.53 Å². The molecule has 2 heteroatoms. The average molecular weight is 309 g/mol. The van der Waals surface area contributed by atoms with Crippen LogP contribution in [0.3, 0.4) is 0 Å². The molecule has 0 aromatic carbocycles. The number of ether oxygens (including phenoxy) is 1. The van der Waals surface area contributed by atoms with Crippen molar-refractivity contribution in [1.82, 2.24) is 0 Å². The summed E-state index contributed by atoms with van der Waals surface area (Å²) in [5, 5.41) is 0. The lowest BCUT2D eigenvalue weighted by atomic mass is 10.1. The summed E-state index contributed by atoms with van der Waals surface area (Å²) >= 11 is 0. The zero-order valence-electron chi connectivity index (χ0n) is 14.8. The molecule has 0 N–H and O–H groups in total. The molecule has 0 radical (unpaired) electrons. The highest BCUT2D eigenvalue weighted by atomic mass is 16.5. The maximum absolute atomic E-state index is 11.1. The Morgan fingerprint density at radius 1 is 0.773 bits per heavy atom. The van der Waals surface area contributed by atoms with Crippen LogP contribution in [0.15, 0.2) is 24.3 Å². The number of esters is 1. The second kappa shape index (κ2) is 18.0. The summed E-state index contributed by atoms with van der Waals surface area (Å²) in [4.78, 5) is 11.1. The van der Waals surface area contributed by atoms with Crippen LogP contribution < -0.4 is 0 Å². The van der Waals surface area contributed by atoms with Crippen molar-refractivity contribution in [2.45, 2.75) is 90.9 Å². The number of carbonyl (C=O) groups is 1. The molecule has 0 fully saturated rings. The Morgan fingerprint density at radius 2 is 1.36 bits per heavy atom. The molecule has 0 saturated carbocycles. The summed E-state index contributed by atoms with van der Waals surface area (Å²) in [7, 11) is 0. The molecular formula is C20H36O2. The Balaban J connectivity index is 3.22. The third kappa shape index (κ3) is 17.0. The van der Waals surface area contributed by atoms with E-state index in [1.54, 1.807) is 0 Å². The van der Waals surface area contributed by atoms with E-state index in [9.17, 15) is 4.79 Å². The Kier molecular flexibility index (Phi) is 17.1. The Hall–Kier alpha value is -1.05. The standard InChI is InChI=1S/C20H36O2/c1-3-5-6-7-8-9-10-11-12-13-14-15-16-17-18-19-20(21)22-4-2/h8-9,11-12H,3-7,10,13-19H2,1-2H3/i10+1. The van der Waals surface area contributed by atoms with Gasteiger partial charge in [-0.25, -0.2) is 0 Å². The van der Waals surface area contributed by atoms with Crippen LogP contribution in [0.5, 0.6) is 0 Å². The summed E-state index contributed by atoms with van der Waals surface area (Å²) in [6, 6.07) is 0. The maximum atomic E-state index is 11.1. The van der Waals surface area contributed by atoms with Crippen LogP contribution in [-0.4, -0.2) is 12.6 Å². The minimum Gasteiger partial charge on any atom is -0.466 e. The molecule has 2 nitrogen and oxygen atoms in total. The third-order valence-electron chi connectivity index (χ3n) is 3.64. The van der Waals surface area contributed by atoms with Gasteiger partial charge in [0.2, 0.25) is 0 Å². The van der Waals surface area contributed by atoms with Gasteiger partial charge in [-0.1, -0.05) is 63.3 Å². The molecule has 0 saturated heterocycles. The van der Waals surface area contributed by atoms with E-state index in [1.165, 1.54) is 51.4 Å². The van der Waals surface area contributed by atoms with Crippen LogP contribution in [0.4, 0.5) is 0 Å². The molecule has 0 aliphatic carbocycles. The first-order valence-corrected chi connectivity index (χ1v) is 9.26. The van der Waals surface area contributed by atoms with Crippen molar-refractivity contribution in [3.05, 3.63) is 24.3 Å². The average Bonchev–Trinajstić information content (AvgIpc) is 2.51. The van der Waals surface area contributed by atoms with Gasteiger partial charge in [-0.05, 0) is 45.4 Å². The van der Waals surface area contributed by atoms with Crippen molar-refractivity contribution in [2.24, 2.45) is 0 Å². The molecule has 0 atom stereocenters. The number of hydrogen-bond acceptors (Lipinski definition) is 2. The van der Waals surface area contributed by atoms with Crippen molar-refractivity contribution >= 4 is 5.97 Å². The predicted octanol–water partition coefficient (Wildman–Crippen LogP) is 6.36. The van der Waals surface area contributed by atoms with Crippen LogP contribution >= 0.6 is 0 Å². The zero-order valence-corrected chi connectivity index (χ0v) is 14.8. The number of carbonyl (C=O) groups excluding carboxylic acids is 1. The highest BCUT2D eigenvalue weighted by Crippen LogP contribution is 2.08. The highest BCUT2D eigenvalue weighted by Gasteiger charge is 2.00. The van der Waals surface area contributed by atoms with Crippen LogP contribution in [0, 0.1) is 0 Å². The fraction of sp³-hybridized carbons (Fsp3) is 0.750. The van der Waals surface area contributed by atoms with Gasteiger partial charge in [0.1, 0.15) is 0 Å². The minimum absolute atomic E-state index is 0.0480. The molecule has 0 aliphatic rings. The summed E-state index contributed by atoms with van der Waals surface area (Å²) in [5.41, 5.74) is 0. The van der Waals surface area contributed by atoms with E-state index >= 15 is 0 Å². The van der Waals surface area contributed by atoms with Crippen molar-refractivity contribution in [3.63, 3.8) is 0 Å². The van der Waals surface area contributed by atoms with Crippen molar-refractivity contribution in [3.8, 4) is 0 Å². The van der Waals surface area contributed by atoms with Gasteiger partial charge in [0.15, 0.2) is 0 Å². The lowest BCUT2D eigenvalue weighted by Crippen LogP contribution is -2.03. The summed E-state index contributed by atoms with van der Waals surface area (Å²) in [6.07, 6.45) is 23.1. The van der Waals surface area contributed by atoms with Gasteiger partial charge in [-0.2, -0.15) is 0 Å². The molecule has 0 bridgehead atoms. The summed E-state index contributed by atoms with van der Waals surface area (Å²) < 4.78 is 4.91. The number of allylic oxidation sites excluding steroid dienone is 4. The van der Waals surface area contributed by atoms with Gasteiger partial charge < -0.3 is 4.74 Å². The fourth-order valence-electron chi connectivity index (χ4n) is 2.31. The first kappa shape index (κ1) is 20.9. The van der Waals surface area contributed by atoms with Crippen LogP contribution in [0.1, 0.15) is 90.9 Å². The van der Waals surface area contributed by atoms with Crippen LogP contribution in [-0.2, 0) is 9.53 Å². The van der Waals surface area contributed by atoms with Crippen LogP contribution in [0.2, 0.25) is 0 Å². The second-order valence-electron chi connectivity index (χ2n) is 5.79. The van der Waals surface area contributed by atoms with E-state index in [1.807, 2.05) is 6.92 Å². The van der Waals surface area contributed by atoms with E-state index in [-0.39, 0.29) is 5.97 Å². The number of hydrogen-bond donors (Lipinski definition) is 0. The largest absolute Gasteiger partial charge is 0.466 e. The van der Waals surface area contributed by atoms with E-state index in [0.717, 1.165) is 19.3 Å². The molecule has 128 valence electrons. The van der Waals surface area contributed by atoms with E-state index < -0.39 is 0 Å². The van der Waals surface area contributed by atoms with Crippen molar-refractivity contribution in [2.75, 3.05) is 6.61 Å². The molecule has 0 aliphatic heterocycles. The third-order valence-corrected chi connectivity index (χ3v) is 3.64. The molecule has 0 rings (SSSR count). The van der Waals surface area contributed by atoms with E-state index in [0.29, 0.717) is 13.0 Å². The summed E-state index contributed by atoms with van der Waals surface area (Å²) in [5.74, 6) is -0.0480. The first-order chi connectivity index (χ1) is 10.8. The normalized spacial score (nSPS) is 11.5. The number of rotatable bonds is 15. The van der Waals surface area contributed by atoms with Crippen LogP contribution in [0.25, 0.3) is 0 Å². The maximum Gasteiger partial charge on any atom is 0.305 e. The molecule has 0 aromatic heterocycles.